The fourth-order valence-electron chi connectivity index (χ4n) is 3.54. The number of hydrogen-bond acceptors (Lipinski definition) is 5. The molecular formula is C23H26N4O3S. The van der Waals surface area contributed by atoms with E-state index in [0.717, 1.165) is 48.3 Å². The molecule has 2 aromatic carbocycles. The molecule has 2 N–H and O–H groups in total. The summed E-state index contributed by atoms with van der Waals surface area (Å²) in [7, 11) is 0. The zero-order valence-electron chi connectivity index (χ0n) is 17.5. The largest absolute Gasteiger partial charge is 0.494 e. The number of thioether (sulfide) groups is 1. The first-order valence-corrected chi connectivity index (χ1v) is 11.5. The minimum absolute atomic E-state index is 0.0716. The van der Waals surface area contributed by atoms with Gasteiger partial charge in [0.1, 0.15) is 5.75 Å². The van der Waals surface area contributed by atoms with E-state index in [1.54, 1.807) is 0 Å². The van der Waals surface area contributed by atoms with E-state index in [2.05, 4.69) is 15.3 Å². The van der Waals surface area contributed by atoms with E-state index in [9.17, 15) is 9.59 Å². The summed E-state index contributed by atoms with van der Waals surface area (Å²) in [6.07, 6.45) is 2.16. The van der Waals surface area contributed by atoms with Crippen molar-refractivity contribution in [1.82, 2.24) is 20.2 Å². The van der Waals surface area contributed by atoms with Crippen molar-refractivity contribution in [2.75, 3.05) is 25.4 Å². The van der Waals surface area contributed by atoms with E-state index < -0.39 is 0 Å². The zero-order chi connectivity index (χ0) is 21.6. The van der Waals surface area contributed by atoms with Crippen molar-refractivity contribution in [3.8, 4) is 5.75 Å². The molecule has 0 saturated carbocycles. The third kappa shape index (κ3) is 5.38. The van der Waals surface area contributed by atoms with Gasteiger partial charge in [0.2, 0.25) is 5.91 Å². The van der Waals surface area contributed by atoms with Crippen molar-refractivity contribution in [3.63, 3.8) is 0 Å². The third-order valence-electron chi connectivity index (χ3n) is 5.17. The summed E-state index contributed by atoms with van der Waals surface area (Å²) in [5.41, 5.74) is 3.39. The van der Waals surface area contributed by atoms with Gasteiger partial charge < -0.3 is 19.9 Å². The topological polar surface area (TPSA) is 87.3 Å². The number of H-pyrrole nitrogens is 1. The average Bonchev–Trinajstić information content (AvgIpc) is 3.46. The van der Waals surface area contributed by atoms with Gasteiger partial charge in [-0.1, -0.05) is 23.9 Å². The molecule has 0 spiro atoms. The second-order valence-electron chi connectivity index (χ2n) is 7.42. The van der Waals surface area contributed by atoms with Crippen molar-refractivity contribution >= 4 is 34.6 Å². The molecule has 1 saturated heterocycles. The molecule has 162 valence electrons. The number of nitrogens with one attached hydrogen (secondary N) is 2. The molecule has 2 heterocycles. The Morgan fingerprint density at radius 1 is 1.16 bits per heavy atom. The number of hydrogen-bond donors (Lipinski definition) is 2. The number of aromatic amines is 1. The van der Waals surface area contributed by atoms with Crippen LogP contribution in [-0.4, -0.2) is 52.1 Å². The maximum atomic E-state index is 12.4. The normalized spacial score (nSPS) is 13.5. The van der Waals surface area contributed by atoms with Gasteiger partial charge in [0.05, 0.1) is 23.4 Å². The van der Waals surface area contributed by atoms with Gasteiger partial charge in [0.25, 0.3) is 5.91 Å². The SMILES string of the molecule is CCOc1ccc2nc(SCC(=O)NCc3ccc(C(=O)N4CCCC4)cc3)[nH]c2c1. The first-order valence-electron chi connectivity index (χ1n) is 10.5. The highest BCUT2D eigenvalue weighted by atomic mass is 32.2. The van der Waals surface area contributed by atoms with Crippen molar-refractivity contribution in [2.24, 2.45) is 0 Å². The Labute approximate surface area is 185 Å². The van der Waals surface area contributed by atoms with Crippen LogP contribution in [0.15, 0.2) is 47.6 Å². The number of rotatable bonds is 8. The number of ether oxygens (including phenoxy) is 1. The minimum Gasteiger partial charge on any atom is -0.494 e. The number of carbonyl (C=O) groups excluding carboxylic acids is 2. The molecule has 7 nitrogen and oxygen atoms in total. The average molecular weight is 439 g/mol. The molecule has 1 aromatic heterocycles. The van der Waals surface area contributed by atoms with Crippen LogP contribution in [0, 0.1) is 0 Å². The Hall–Kier alpha value is -3.00. The van der Waals surface area contributed by atoms with Crippen LogP contribution in [0.25, 0.3) is 11.0 Å². The molecule has 3 aromatic rings. The lowest BCUT2D eigenvalue weighted by atomic mass is 10.1. The van der Waals surface area contributed by atoms with Crippen LogP contribution in [0.4, 0.5) is 0 Å². The van der Waals surface area contributed by atoms with Gasteiger partial charge >= 0.3 is 0 Å². The molecule has 31 heavy (non-hydrogen) atoms. The van der Waals surface area contributed by atoms with Crippen molar-refractivity contribution in [2.45, 2.75) is 31.5 Å². The number of fused-ring (bicyclic) bond motifs is 1. The highest BCUT2D eigenvalue weighted by Gasteiger charge is 2.19. The molecule has 0 unspecified atom stereocenters. The van der Waals surface area contributed by atoms with Gasteiger partial charge in [-0.05, 0) is 49.6 Å². The highest BCUT2D eigenvalue weighted by molar-refractivity contribution is 7.99. The monoisotopic (exact) mass is 438 g/mol. The fraction of sp³-hybridized carbons (Fsp3) is 0.348. The Morgan fingerprint density at radius 2 is 1.94 bits per heavy atom. The van der Waals surface area contributed by atoms with Gasteiger partial charge in [-0.15, -0.1) is 0 Å². The van der Waals surface area contributed by atoms with E-state index in [4.69, 9.17) is 4.74 Å². The summed E-state index contributed by atoms with van der Waals surface area (Å²) in [4.78, 5) is 34.2. The number of carbonyl (C=O) groups is 2. The lowest BCUT2D eigenvalue weighted by Crippen LogP contribution is -2.27. The molecular weight excluding hydrogens is 412 g/mol. The first kappa shape index (κ1) is 21.2. The van der Waals surface area contributed by atoms with Crippen LogP contribution in [0.1, 0.15) is 35.7 Å². The lowest BCUT2D eigenvalue weighted by Gasteiger charge is -2.15. The van der Waals surface area contributed by atoms with Gasteiger partial charge in [-0.2, -0.15) is 0 Å². The molecule has 1 aliphatic rings. The van der Waals surface area contributed by atoms with Crippen LogP contribution in [0.3, 0.4) is 0 Å². The summed E-state index contributed by atoms with van der Waals surface area (Å²) in [5, 5.41) is 3.61. The van der Waals surface area contributed by atoms with Crippen molar-refractivity contribution < 1.29 is 14.3 Å². The Bertz CT molecular complexity index is 1060. The number of nitrogens with zero attached hydrogens (tertiary/aromatic N) is 2. The summed E-state index contributed by atoms with van der Waals surface area (Å²) in [6.45, 7) is 4.66. The summed E-state index contributed by atoms with van der Waals surface area (Å²) >= 11 is 1.36. The maximum absolute atomic E-state index is 12.4. The Balaban J connectivity index is 1.25. The summed E-state index contributed by atoms with van der Waals surface area (Å²) in [6, 6.07) is 13.2. The number of imidazole rings is 1. The van der Waals surface area contributed by atoms with E-state index in [-0.39, 0.29) is 17.6 Å². The first-order chi connectivity index (χ1) is 15.1. The molecule has 1 fully saturated rings. The van der Waals surface area contributed by atoms with Crippen LogP contribution in [-0.2, 0) is 11.3 Å². The van der Waals surface area contributed by atoms with Crippen LogP contribution in [0.2, 0.25) is 0 Å². The Morgan fingerprint density at radius 3 is 2.68 bits per heavy atom. The van der Waals surface area contributed by atoms with Crippen LogP contribution in [0.5, 0.6) is 5.75 Å². The number of benzene rings is 2. The minimum atomic E-state index is -0.0716. The van der Waals surface area contributed by atoms with E-state index in [1.807, 2.05) is 54.3 Å². The summed E-state index contributed by atoms with van der Waals surface area (Å²) in [5.74, 6) is 1.08. The second-order valence-corrected chi connectivity index (χ2v) is 8.38. The predicted octanol–water partition coefficient (Wildman–Crippen LogP) is 3.61. The molecule has 0 atom stereocenters. The molecule has 1 aliphatic heterocycles. The lowest BCUT2D eigenvalue weighted by molar-refractivity contribution is -0.118. The maximum Gasteiger partial charge on any atom is 0.253 e. The number of amides is 2. The van der Waals surface area contributed by atoms with Gasteiger partial charge in [0, 0.05) is 31.3 Å². The van der Waals surface area contributed by atoms with Crippen LogP contribution < -0.4 is 10.1 Å². The molecule has 0 bridgehead atoms. The molecule has 2 amide bonds. The molecule has 0 radical (unpaired) electrons. The van der Waals surface area contributed by atoms with E-state index in [1.165, 1.54) is 11.8 Å². The van der Waals surface area contributed by atoms with E-state index >= 15 is 0 Å². The summed E-state index contributed by atoms with van der Waals surface area (Å²) < 4.78 is 5.50. The smallest absolute Gasteiger partial charge is 0.253 e. The standard InChI is InChI=1S/C23H26N4O3S/c1-2-30-18-9-10-19-20(13-18)26-23(25-19)31-15-21(28)24-14-16-5-7-17(8-6-16)22(29)27-11-3-4-12-27/h5-10,13H,2-4,11-12,14-15H2,1H3,(H,24,28)(H,25,26). The molecule has 0 aliphatic carbocycles. The predicted molar refractivity (Wildman–Crippen MR) is 121 cm³/mol. The van der Waals surface area contributed by atoms with Gasteiger partial charge in [0.15, 0.2) is 5.16 Å². The molecule has 8 heteroatoms. The fourth-order valence-corrected chi connectivity index (χ4v) is 4.26. The Kier molecular flexibility index (Phi) is 6.76. The van der Waals surface area contributed by atoms with Crippen molar-refractivity contribution in [3.05, 3.63) is 53.6 Å². The highest BCUT2D eigenvalue weighted by Crippen LogP contribution is 2.23. The molecule has 4 rings (SSSR count). The third-order valence-corrected chi connectivity index (χ3v) is 6.04. The van der Waals surface area contributed by atoms with E-state index in [0.29, 0.717) is 23.9 Å². The number of likely N-dealkylation sites (tertiary alicyclic amines) is 1. The number of aromatic nitrogens is 2. The van der Waals surface area contributed by atoms with Crippen LogP contribution >= 0.6 is 11.8 Å². The van der Waals surface area contributed by atoms with Crippen molar-refractivity contribution in [1.29, 1.82) is 0 Å². The second kappa shape index (κ2) is 9.87. The zero-order valence-corrected chi connectivity index (χ0v) is 18.3. The van der Waals surface area contributed by atoms with Gasteiger partial charge in [-0.3, -0.25) is 9.59 Å². The quantitative estimate of drug-likeness (QED) is 0.525. The van der Waals surface area contributed by atoms with Gasteiger partial charge in [-0.25, -0.2) is 4.98 Å².